The Morgan fingerprint density at radius 2 is 1.95 bits per heavy atom. The van der Waals surface area contributed by atoms with E-state index in [4.69, 9.17) is 10.5 Å². The lowest BCUT2D eigenvalue weighted by atomic mass is 10.0. The van der Waals surface area contributed by atoms with E-state index in [1.807, 2.05) is 6.92 Å². The highest BCUT2D eigenvalue weighted by atomic mass is 32.2. The molecule has 0 aliphatic carbocycles. The second-order valence-electron chi connectivity index (χ2n) is 5.00. The monoisotopic (exact) mass is 310 g/mol. The number of nitrogens with one attached hydrogen (secondary N) is 1. The van der Waals surface area contributed by atoms with Gasteiger partial charge in [-0.25, -0.2) is 0 Å². The van der Waals surface area contributed by atoms with E-state index in [1.54, 1.807) is 30.0 Å². The molecule has 1 rings (SSSR count). The first-order valence-electron chi connectivity index (χ1n) is 7.37. The van der Waals surface area contributed by atoms with Gasteiger partial charge in [0.25, 0.3) is 5.91 Å². The van der Waals surface area contributed by atoms with Crippen LogP contribution >= 0.6 is 11.8 Å². The van der Waals surface area contributed by atoms with Crippen molar-refractivity contribution in [2.75, 3.05) is 25.1 Å². The van der Waals surface area contributed by atoms with Crippen molar-refractivity contribution in [3.05, 3.63) is 23.8 Å². The lowest BCUT2D eigenvalue weighted by Crippen LogP contribution is -2.39. The van der Waals surface area contributed by atoms with Crippen LogP contribution in [0.15, 0.2) is 18.2 Å². The summed E-state index contributed by atoms with van der Waals surface area (Å²) < 4.78 is 5.52. The molecule has 5 heteroatoms. The topological polar surface area (TPSA) is 64.3 Å². The number of rotatable bonds is 8. The third kappa shape index (κ3) is 4.84. The molecule has 0 aliphatic rings. The van der Waals surface area contributed by atoms with Gasteiger partial charge in [0.15, 0.2) is 0 Å². The van der Waals surface area contributed by atoms with Gasteiger partial charge < -0.3 is 15.8 Å². The molecule has 0 fully saturated rings. The summed E-state index contributed by atoms with van der Waals surface area (Å²) in [4.78, 5) is 12.3. The van der Waals surface area contributed by atoms with Crippen molar-refractivity contribution in [3.63, 3.8) is 0 Å². The number of benzene rings is 1. The molecule has 0 spiro atoms. The van der Waals surface area contributed by atoms with Crippen LogP contribution < -0.4 is 15.8 Å². The quantitative estimate of drug-likeness (QED) is 0.723. The Balaban J connectivity index is 2.80. The summed E-state index contributed by atoms with van der Waals surface area (Å²) in [6.07, 6.45) is 4.13. The molecule has 0 aliphatic heterocycles. The van der Waals surface area contributed by atoms with E-state index in [1.165, 1.54) is 0 Å². The maximum Gasteiger partial charge on any atom is 0.251 e. The molecular weight excluding hydrogens is 284 g/mol. The van der Waals surface area contributed by atoms with Gasteiger partial charge in [0.1, 0.15) is 5.75 Å². The highest BCUT2D eigenvalue weighted by Gasteiger charge is 2.25. The van der Waals surface area contributed by atoms with E-state index in [0.717, 1.165) is 12.8 Å². The number of carbonyl (C=O) groups excluding carboxylic acids is 1. The fourth-order valence-electron chi connectivity index (χ4n) is 2.21. The molecule has 0 saturated heterocycles. The van der Waals surface area contributed by atoms with Crippen molar-refractivity contribution in [1.82, 2.24) is 5.32 Å². The molecule has 0 atom stereocenters. The van der Waals surface area contributed by atoms with Crippen molar-refractivity contribution in [3.8, 4) is 5.75 Å². The van der Waals surface area contributed by atoms with E-state index >= 15 is 0 Å². The number of thioether (sulfide) groups is 1. The number of ether oxygens (including phenoxy) is 1. The van der Waals surface area contributed by atoms with E-state index in [-0.39, 0.29) is 10.7 Å². The Hall–Kier alpha value is -1.36. The third-order valence-electron chi connectivity index (χ3n) is 3.79. The summed E-state index contributed by atoms with van der Waals surface area (Å²) >= 11 is 1.80. The minimum Gasteiger partial charge on any atom is -0.494 e. The number of anilines is 1. The molecule has 3 N–H and O–H groups in total. The van der Waals surface area contributed by atoms with Crippen LogP contribution in [0.2, 0.25) is 0 Å². The Bertz CT molecular complexity index is 465. The van der Waals surface area contributed by atoms with Gasteiger partial charge in [0.2, 0.25) is 0 Å². The van der Waals surface area contributed by atoms with Crippen LogP contribution in [0.4, 0.5) is 5.69 Å². The molecular formula is C16H26N2O2S. The summed E-state index contributed by atoms with van der Waals surface area (Å²) in [6, 6.07) is 5.13. The largest absolute Gasteiger partial charge is 0.494 e. The zero-order valence-corrected chi connectivity index (χ0v) is 14.2. The summed E-state index contributed by atoms with van der Waals surface area (Å²) in [5, 5.41) is 3.02. The molecule has 118 valence electrons. The predicted octanol–water partition coefficient (Wildman–Crippen LogP) is 3.32. The van der Waals surface area contributed by atoms with Gasteiger partial charge in [-0.2, -0.15) is 11.8 Å². The van der Waals surface area contributed by atoms with Crippen molar-refractivity contribution in [2.24, 2.45) is 0 Å². The molecule has 0 saturated carbocycles. The van der Waals surface area contributed by atoms with Crippen LogP contribution in [-0.4, -0.2) is 30.1 Å². The molecule has 1 aromatic rings. The average Bonchev–Trinajstić information content (AvgIpc) is 2.48. The molecule has 0 radical (unpaired) electrons. The van der Waals surface area contributed by atoms with E-state index < -0.39 is 0 Å². The lowest BCUT2D eigenvalue weighted by molar-refractivity contribution is 0.0948. The standard InChI is InChI=1S/C16H26N2O2S/c1-5-16(6-2,21-4)11-18-15(19)12-8-13(17)10-14(9-12)20-7-3/h8-10H,5-7,11,17H2,1-4H3,(H,18,19). The van der Waals surface area contributed by atoms with Crippen LogP contribution in [0.1, 0.15) is 44.0 Å². The zero-order valence-electron chi connectivity index (χ0n) is 13.4. The normalized spacial score (nSPS) is 11.2. The molecule has 0 heterocycles. The Kier molecular flexibility index (Phi) is 6.89. The Labute approximate surface area is 131 Å². The van der Waals surface area contributed by atoms with E-state index in [0.29, 0.717) is 30.2 Å². The fraction of sp³-hybridized carbons (Fsp3) is 0.562. The molecule has 1 amide bonds. The number of carbonyl (C=O) groups is 1. The Morgan fingerprint density at radius 1 is 1.29 bits per heavy atom. The van der Waals surface area contributed by atoms with Gasteiger partial charge in [-0.05, 0) is 38.2 Å². The first kappa shape index (κ1) is 17.7. The number of amides is 1. The van der Waals surface area contributed by atoms with Crippen molar-refractivity contribution in [1.29, 1.82) is 0 Å². The fourth-order valence-corrected chi connectivity index (χ4v) is 3.00. The number of hydrogen-bond donors (Lipinski definition) is 2. The first-order valence-corrected chi connectivity index (χ1v) is 8.59. The smallest absolute Gasteiger partial charge is 0.251 e. The van der Waals surface area contributed by atoms with Crippen molar-refractivity contribution in [2.45, 2.75) is 38.4 Å². The maximum absolute atomic E-state index is 12.3. The Morgan fingerprint density at radius 3 is 2.48 bits per heavy atom. The van der Waals surface area contributed by atoms with Gasteiger partial charge >= 0.3 is 0 Å². The van der Waals surface area contributed by atoms with Gasteiger partial charge in [-0.15, -0.1) is 0 Å². The SMILES string of the molecule is CCOc1cc(N)cc(C(=O)NCC(CC)(CC)SC)c1. The summed E-state index contributed by atoms with van der Waals surface area (Å²) in [6.45, 7) is 7.41. The molecule has 4 nitrogen and oxygen atoms in total. The number of hydrogen-bond acceptors (Lipinski definition) is 4. The second-order valence-corrected chi connectivity index (χ2v) is 6.27. The van der Waals surface area contributed by atoms with Gasteiger partial charge in [-0.1, -0.05) is 13.8 Å². The second kappa shape index (κ2) is 8.17. The van der Waals surface area contributed by atoms with Crippen LogP contribution in [0.5, 0.6) is 5.75 Å². The molecule has 0 unspecified atom stereocenters. The molecule has 0 bridgehead atoms. The summed E-state index contributed by atoms with van der Waals surface area (Å²) in [5.74, 6) is 0.522. The summed E-state index contributed by atoms with van der Waals surface area (Å²) in [5.41, 5.74) is 6.90. The molecule has 21 heavy (non-hydrogen) atoms. The minimum absolute atomic E-state index is 0.0960. The highest BCUT2D eigenvalue weighted by molar-refractivity contribution is 8.00. The molecule has 1 aromatic carbocycles. The van der Waals surface area contributed by atoms with Crippen LogP contribution in [0, 0.1) is 0 Å². The van der Waals surface area contributed by atoms with E-state index in [9.17, 15) is 4.79 Å². The van der Waals surface area contributed by atoms with Gasteiger partial charge in [0, 0.05) is 28.6 Å². The zero-order chi connectivity index (χ0) is 15.9. The third-order valence-corrected chi connectivity index (χ3v) is 5.38. The number of nitrogen functional groups attached to an aromatic ring is 1. The van der Waals surface area contributed by atoms with Crippen LogP contribution in [0.25, 0.3) is 0 Å². The maximum atomic E-state index is 12.3. The van der Waals surface area contributed by atoms with Crippen molar-refractivity contribution >= 4 is 23.4 Å². The average molecular weight is 310 g/mol. The predicted molar refractivity (Wildman–Crippen MR) is 91.2 cm³/mol. The van der Waals surface area contributed by atoms with Gasteiger partial charge in [0.05, 0.1) is 6.61 Å². The molecule has 0 aromatic heterocycles. The number of nitrogens with two attached hydrogens (primary N) is 1. The van der Waals surface area contributed by atoms with Gasteiger partial charge in [-0.3, -0.25) is 4.79 Å². The van der Waals surface area contributed by atoms with Crippen LogP contribution in [-0.2, 0) is 0 Å². The van der Waals surface area contributed by atoms with Crippen LogP contribution in [0.3, 0.4) is 0 Å². The van der Waals surface area contributed by atoms with E-state index in [2.05, 4.69) is 25.4 Å². The minimum atomic E-state index is -0.108. The first-order chi connectivity index (χ1) is 10.00. The summed E-state index contributed by atoms with van der Waals surface area (Å²) in [7, 11) is 0. The highest BCUT2D eigenvalue weighted by Crippen LogP contribution is 2.29. The lowest BCUT2D eigenvalue weighted by Gasteiger charge is -2.29. The van der Waals surface area contributed by atoms with Crippen molar-refractivity contribution < 1.29 is 9.53 Å².